The van der Waals surface area contributed by atoms with Gasteiger partial charge in [0.2, 0.25) is 0 Å². The summed E-state index contributed by atoms with van der Waals surface area (Å²) in [4.78, 5) is 2.31. The summed E-state index contributed by atoms with van der Waals surface area (Å²) in [6.45, 7) is 6.33. The lowest BCUT2D eigenvalue weighted by molar-refractivity contribution is 0.0376. The first-order chi connectivity index (χ1) is 8.89. The molecule has 19 heavy (non-hydrogen) atoms. The second-order valence-electron chi connectivity index (χ2n) is 5.95. The third-order valence-corrected chi connectivity index (χ3v) is 3.56. The lowest BCUT2D eigenvalue weighted by Crippen LogP contribution is -2.39. The van der Waals surface area contributed by atoms with Crippen LogP contribution in [0.1, 0.15) is 25.0 Å². The van der Waals surface area contributed by atoms with Gasteiger partial charge in [-0.3, -0.25) is 4.90 Å². The van der Waals surface area contributed by atoms with Crippen LogP contribution in [0, 0.1) is 0 Å². The van der Waals surface area contributed by atoms with E-state index < -0.39 is 5.60 Å². The van der Waals surface area contributed by atoms with Crippen LogP contribution in [-0.2, 0) is 12.8 Å². The number of methoxy groups -OCH3 is 1. The molecule has 0 unspecified atom stereocenters. The summed E-state index contributed by atoms with van der Waals surface area (Å²) in [7, 11) is 1.65. The Morgan fingerprint density at radius 1 is 1.26 bits per heavy atom. The maximum absolute atomic E-state index is 9.92. The van der Waals surface area contributed by atoms with E-state index in [2.05, 4.69) is 11.0 Å². The molecule has 0 radical (unpaired) electrons. The van der Waals surface area contributed by atoms with Crippen LogP contribution in [0.4, 0.5) is 5.69 Å². The number of hydrogen-bond acceptors (Lipinski definition) is 4. The molecule has 106 valence electrons. The van der Waals surface area contributed by atoms with Crippen LogP contribution in [0.2, 0.25) is 0 Å². The summed E-state index contributed by atoms with van der Waals surface area (Å²) in [6, 6.07) is 4.08. The summed E-state index contributed by atoms with van der Waals surface area (Å²) in [5.74, 6) is 0.759. The highest BCUT2D eigenvalue weighted by Crippen LogP contribution is 2.28. The monoisotopic (exact) mass is 264 g/mol. The highest BCUT2D eigenvalue weighted by molar-refractivity contribution is 5.57. The molecule has 1 aromatic carbocycles. The molecule has 0 amide bonds. The van der Waals surface area contributed by atoms with E-state index in [9.17, 15) is 5.11 Å². The third kappa shape index (κ3) is 3.61. The van der Waals surface area contributed by atoms with Crippen molar-refractivity contribution in [3.8, 4) is 5.75 Å². The molecule has 0 atom stereocenters. The average Bonchev–Trinajstić information content (AvgIpc) is 2.49. The zero-order chi connectivity index (χ0) is 14.0. The summed E-state index contributed by atoms with van der Waals surface area (Å²) in [6.07, 6.45) is 1.95. The minimum absolute atomic E-state index is 0.646. The van der Waals surface area contributed by atoms with Gasteiger partial charge in [-0.25, -0.2) is 0 Å². The van der Waals surface area contributed by atoms with Crippen LogP contribution < -0.4 is 10.5 Å². The van der Waals surface area contributed by atoms with E-state index in [1.165, 1.54) is 11.1 Å². The summed E-state index contributed by atoms with van der Waals surface area (Å²) < 4.78 is 5.28. The van der Waals surface area contributed by atoms with Gasteiger partial charge in [0.1, 0.15) is 5.75 Å². The van der Waals surface area contributed by atoms with Crippen molar-refractivity contribution in [2.75, 3.05) is 32.5 Å². The maximum Gasteiger partial charge on any atom is 0.142 e. The van der Waals surface area contributed by atoms with Gasteiger partial charge in [-0.05, 0) is 49.9 Å². The lowest BCUT2D eigenvalue weighted by atomic mass is 10.0. The molecule has 1 aliphatic heterocycles. The molecule has 1 heterocycles. The first kappa shape index (κ1) is 14.2. The minimum Gasteiger partial charge on any atom is -0.495 e. The van der Waals surface area contributed by atoms with E-state index in [1.807, 2.05) is 19.9 Å². The molecule has 0 fully saturated rings. The average molecular weight is 264 g/mol. The number of ether oxygens (including phenoxy) is 1. The van der Waals surface area contributed by atoms with Gasteiger partial charge in [-0.1, -0.05) is 0 Å². The second kappa shape index (κ2) is 5.39. The summed E-state index contributed by atoms with van der Waals surface area (Å²) in [5, 5.41) is 9.92. The molecule has 4 nitrogen and oxygen atoms in total. The van der Waals surface area contributed by atoms with Gasteiger partial charge in [-0.15, -0.1) is 0 Å². The van der Waals surface area contributed by atoms with Gasteiger partial charge in [0.15, 0.2) is 0 Å². The van der Waals surface area contributed by atoms with Crippen molar-refractivity contribution in [3.05, 3.63) is 23.3 Å². The number of fused-ring (bicyclic) bond motifs is 1. The first-order valence-corrected chi connectivity index (χ1v) is 6.79. The van der Waals surface area contributed by atoms with E-state index in [0.717, 1.165) is 31.7 Å². The van der Waals surface area contributed by atoms with E-state index in [4.69, 9.17) is 10.5 Å². The molecule has 1 aromatic rings. The number of anilines is 1. The Bertz CT molecular complexity index is 452. The quantitative estimate of drug-likeness (QED) is 0.811. The molecule has 0 aliphatic carbocycles. The van der Waals surface area contributed by atoms with Crippen molar-refractivity contribution < 1.29 is 9.84 Å². The smallest absolute Gasteiger partial charge is 0.142 e. The van der Waals surface area contributed by atoms with Crippen molar-refractivity contribution in [1.82, 2.24) is 4.90 Å². The van der Waals surface area contributed by atoms with Crippen LogP contribution in [0.25, 0.3) is 0 Å². The van der Waals surface area contributed by atoms with Crippen molar-refractivity contribution >= 4 is 5.69 Å². The van der Waals surface area contributed by atoms with Crippen molar-refractivity contribution in [2.45, 2.75) is 32.3 Å². The fraction of sp³-hybridized carbons (Fsp3) is 0.600. The maximum atomic E-state index is 9.92. The van der Waals surface area contributed by atoms with Gasteiger partial charge in [0, 0.05) is 19.6 Å². The zero-order valence-electron chi connectivity index (χ0n) is 12.1. The van der Waals surface area contributed by atoms with Crippen LogP contribution in [0.15, 0.2) is 12.1 Å². The predicted octanol–water partition coefficient (Wildman–Crippen LogP) is 1.45. The number of benzene rings is 1. The van der Waals surface area contributed by atoms with E-state index in [1.54, 1.807) is 7.11 Å². The Labute approximate surface area is 115 Å². The van der Waals surface area contributed by atoms with E-state index >= 15 is 0 Å². The highest BCUT2D eigenvalue weighted by atomic mass is 16.5. The number of β-amino-alcohol motifs (C(OH)–C–C–N with tert-alkyl or cyclic N) is 1. The number of hydrogen-bond donors (Lipinski definition) is 2. The lowest BCUT2D eigenvalue weighted by Gasteiger charge is -2.27. The highest BCUT2D eigenvalue weighted by Gasteiger charge is 2.21. The largest absolute Gasteiger partial charge is 0.495 e. The molecule has 0 saturated heterocycles. The van der Waals surface area contributed by atoms with Gasteiger partial charge in [0.05, 0.1) is 18.4 Å². The van der Waals surface area contributed by atoms with Gasteiger partial charge < -0.3 is 15.6 Å². The van der Waals surface area contributed by atoms with Gasteiger partial charge >= 0.3 is 0 Å². The molecule has 4 heteroatoms. The first-order valence-electron chi connectivity index (χ1n) is 6.79. The molecule has 1 aliphatic rings. The number of nitrogens with two attached hydrogens (primary N) is 1. The Kier molecular flexibility index (Phi) is 4.02. The number of nitrogen functional groups attached to an aromatic ring is 1. The predicted molar refractivity (Wildman–Crippen MR) is 77.6 cm³/mol. The number of nitrogens with zero attached hydrogens (tertiary/aromatic N) is 1. The van der Waals surface area contributed by atoms with Crippen LogP contribution in [-0.4, -0.2) is 42.4 Å². The standard InChI is InChI=1S/C15H24N2O2/c1-15(2,18)10-17-6-4-11-8-13(16)14(19-3)9-12(11)5-7-17/h8-9,18H,4-7,10,16H2,1-3H3. The Balaban J connectivity index is 2.14. The number of rotatable bonds is 3. The van der Waals surface area contributed by atoms with E-state index in [-0.39, 0.29) is 0 Å². The van der Waals surface area contributed by atoms with Gasteiger partial charge in [0.25, 0.3) is 0 Å². The second-order valence-corrected chi connectivity index (χ2v) is 5.95. The molecule has 3 N–H and O–H groups in total. The summed E-state index contributed by atoms with van der Waals surface area (Å²) in [5.41, 5.74) is 8.64. The molecule has 0 spiro atoms. The van der Waals surface area contributed by atoms with Crippen molar-refractivity contribution in [3.63, 3.8) is 0 Å². The van der Waals surface area contributed by atoms with Gasteiger partial charge in [-0.2, -0.15) is 0 Å². The number of aliphatic hydroxyl groups is 1. The van der Waals surface area contributed by atoms with Crippen LogP contribution in [0.5, 0.6) is 5.75 Å². The van der Waals surface area contributed by atoms with E-state index in [0.29, 0.717) is 12.2 Å². The SMILES string of the molecule is COc1cc2c(cc1N)CCN(CC(C)(C)O)CC2. The molecule has 0 bridgehead atoms. The fourth-order valence-corrected chi connectivity index (χ4v) is 2.70. The molecular weight excluding hydrogens is 240 g/mol. The van der Waals surface area contributed by atoms with Crippen molar-refractivity contribution in [1.29, 1.82) is 0 Å². The molecular formula is C15H24N2O2. The van der Waals surface area contributed by atoms with Crippen LogP contribution >= 0.6 is 0 Å². The Hall–Kier alpha value is -1.26. The van der Waals surface area contributed by atoms with Crippen molar-refractivity contribution in [2.24, 2.45) is 0 Å². The molecule has 2 rings (SSSR count). The third-order valence-electron chi connectivity index (χ3n) is 3.56. The zero-order valence-corrected chi connectivity index (χ0v) is 12.1. The Morgan fingerprint density at radius 3 is 2.37 bits per heavy atom. The molecule has 0 saturated carbocycles. The normalized spacial score (nSPS) is 16.8. The minimum atomic E-state index is -0.646. The Morgan fingerprint density at radius 2 is 1.84 bits per heavy atom. The molecule has 0 aromatic heterocycles. The van der Waals surface area contributed by atoms with Crippen LogP contribution in [0.3, 0.4) is 0 Å². The topological polar surface area (TPSA) is 58.7 Å². The summed E-state index contributed by atoms with van der Waals surface area (Å²) >= 11 is 0. The fourth-order valence-electron chi connectivity index (χ4n) is 2.70.